The van der Waals surface area contributed by atoms with Crippen molar-refractivity contribution in [3.05, 3.63) is 53.9 Å². The van der Waals surface area contributed by atoms with Crippen LogP contribution in [0.2, 0.25) is 0 Å². The number of benzene rings is 1. The average Bonchev–Trinajstić information content (AvgIpc) is 3.18. The number of aryl methyl sites for hydroxylation is 1. The summed E-state index contributed by atoms with van der Waals surface area (Å²) < 4.78 is 1.95. The first-order valence-corrected chi connectivity index (χ1v) is 7.04. The maximum Gasteiger partial charge on any atom is 0.0547 e. The molecular weight excluding hydrogens is 234 g/mol. The predicted molar refractivity (Wildman–Crippen MR) is 76.7 cm³/mol. The summed E-state index contributed by atoms with van der Waals surface area (Å²) in [7, 11) is 2.00. The Morgan fingerprint density at radius 3 is 2.53 bits per heavy atom. The van der Waals surface area contributed by atoms with Gasteiger partial charge in [-0.1, -0.05) is 30.3 Å². The van der Waals surface area contributed by atoms with Gasteiger partial charge in [-0.15, -0.1) is 0 Å². The number of hydrogen-bond acceptors (Lipinski definition) is 2. The third-order valence-corrected chi connectivity index (χ3v) is 3.98. The Balaban J connectivity index is 1.77. The standard InChI is InChI=1S/C16H21N3/c1-12(15-10-11-17-19(15)2)18-16(14-8-9-14)13-6-4-3-5-7-13/h3-7,10-12,14,16,18H,8-9H2,1-2H3. The summed E-state index contributed by atoms with van der Waals surface area (Å²) in [6.07, 6.45) is 4.54. The van der Waals surface area contributed by atoms with E-state index in [1.54, 1.807) is 0 Å². The lowest BCUT2D eigenvalue weighted by atomic mass is 10.0. The summed E-state index contributed by atoms with van der Waals surface area (Å²) in [6, 6.07) is 13.7. The molecule has 0 saturated heterocycles. The van der Waals surface area contributed by atoms with E-state index in [1.165, 1.54) is 24.1 Å². The largest absolute Gasteiger partial charge is 0.302 e. The van der Waals surface area contributed by atoms with Gasteiger partial charge >= 0.3 is 0 Å². The van der Waals surface area contributed by atoms with Crippen molar-refractivity contribution in [1.29, 1.82) is 0 Å². The van der Waals surface area contributed by atoms with Crippen molar-refractivity contribution >= 4 is 0 Å². The van der Waals surface area contributed by atoms with Gasteiger partial charge in [0.25, 0.3) is 0 Å². The molecular formula is C16H21N3. The molecule has 1 saturated carbocycles. The van der Waals surface area contributed by atoms with Crippen LogP contribution in [-0.2, 0) is 7.05 Å². The van der Waals surface area contributed by atoms with Gasteiger partial charge in [0.15, 0.2) is 0 Å². The third kappa shape index (κ3) is 2.71. The molecule has 1 fully saturated rings. The molecule has 3 nitrogen and oxygen atoms in total. The van der Waals surface area contributed by atoms with E-state index in [4.69, 9.17) is 0 Å². The number of rotatable bonds is 5. The molecule has 100 valence electrons. The van der Waals surface area contributed by atoms with E-state index in [2.05, 4.69) is 53.7 Å². The first-order valence-electron chi connectivity index (χ1n) is 7.04. The van der Waals surface area contributed by atoms with E-state index < -0.39 is 0 Å². The summed E-state index contributed by atoms with van der Waals surface area (Å²) in [5.41, 5.74) is 2.64. The van der Waals surface area contributed by atoms with Crippen molar-refractivity contribution in [2.24, 2.45) is 13.0 Å². The van der Waals surface area contributed by atoms with E-state index in [0.29, 0.717) is 12.1 Å². The van der Waals surface area contributed by atoms with Crippen LogP contribution >= 0.6 is 0 Å². The van der Waals surface area contributed by atoms with Crippen molar-refractivity contribution in [3.8, 4) is 0 Å². The zero-order valence-electron chi connectivity index (χ0n) is 11.6. The Morgan fingerprint density at radius 1 is 1.21 bits per heavy atom. The van der Waals surface area contributed by atoms with Crippen LogP contribution in [0.5, 0.6) is 0 Å². The van der Waals surface area contributed by atoms with Crippen LogP contribution in [0.25, 0.3) is 0 Å². The smallest absolute Gasteiger partial charge is 0.0547 e. The number of hydrogen-bond donors (Lipinski definition) is 1. The van der Waals surface area contributed by atoms with Gasteiger partial charge in [0.1, 0.15) is 0 Å². The Bertz CT molecular complexity index is 528. The van der Waals surface area contributed by atoms with Crippen LogP contribution in [0.1, 0.15) is 43.1 Å². The van der Waals surface area contributed by atoms with E-state index in [0.717, 1.165) is 5.92 Å². The summed E-state index contributed by atoms with van der Waals surface area (Å²) in [5, 5.41) is 8.03. The molecule has 0 radical (unpaired) electrons. The molecule has 1 aliphatic carbocycles. The van der Waals surface area contributed by atoms with Gasteiger partial charge in [-0.2, -0.15) is 5.10 Å². The molecule has 1 aromatic heterocycles. The van der Waals surface area contributed by atoms with Crippen molar-refractivity contribution in [2.75, 3.05) is 0 Å². The molecule has 0 spiro atoms. The highest BCUT2D eigenvalue weighted by Crippen LogP contribution is 2.42. The zero-order valence-corrected chi connectivity index (χ0v) is 11.6. The molecule has 2 aromatic rings. The zero-order chi connectivity index (χ0) is 13.2. The molecule has 1 heterocycles. The highest BCUT2D eigenvalue weighted by Gasteiger charge is 2.33. The first-order chi connectivity index (χ1) is 9.25. The average molecular weight is 255 g/mol. The van der Waals surface area contributed by atoms with Crippen LogP contribution in [-0.4, -0.2) is 9.78 Å². The minimum atomic E-state index is 0.318. The maximum absolute atomic E-state index is 4.25. The van der Waals surface area contributed by atoms with Gasteiger partial charge in [0.05, 0.1) is 5.69 Å². The SMILES string of the molecule is CC(NC(c1ccccc1)C1CC1)c1ccnn1C. The van der Waals surface area contributed by atoms with E-state index in [9.17, 15) is 0 Å². The van der Waals surface area contributed by atoms with Crippen molar-refractivity contribution in [3.63, 3.8) is 0 Å². The normalized spacial score (nSPS) is 18.2. The molecule has 1 N–H and O–H groups in total. The lowest BCUT2D eigenvalue weighted by Crippen LogP contribution is -2.27. The number of nitrogens with zero attached hydrogens (tertiary/aromatic N) is 2. The van der Waals surface area contributed by atoms with Gasteiger partial charge in [0, 0.05) is 25.3 Å². The van der Waals surface area contributed by atoms with Gasteiger partial charge < -0.3 is 5.32 Å². The minimum Gasteiger partial charge on any atom is -0.302 e. The summed E-state index contributed by atoms with van der Waals surface area (Å²) in [5.74, 6) is 0.790. The fourth-order valence-electron chi connectivity index (χ4n) is 2.76. The van der Waals surface area contributed by atoms with E-state index >= 15 is 0 Å². The Morgan fingerprint density at radius 2 is 1.95 bits per heavy atom. The fourth-order valence-corrected chi connectivity index (χ4v) is 2.76. The Hall–Kier alpha value is -1.61. The van der Waals surface area contributed by atoms with Crippen LogP contribution in [0, 0.1) is 5.92 Å². The molecule has 1 aromatic carbocycles. The molecule has 3 heteroatoms. The predicted octanol–water partition coefficient (Wildman–Crippen LogP) is 3.22. The van der Waals surface area contributed by atoms with E-state index in [-0.39, 0.29) is 0 Å². The molecule has 1 aliphatic rings. The molecule has 2 unspecified atom stereocenters. The highest BCUT2D eigenvalue weighted by atomic mass is 15.3. The van der Waals surface area contributed by atoms with Gasteiger partial charge in [0.2, 0.25) is 0 Å². The van der Waals surface area contributed by atoms with Crippen molar-refractivity contribution in [2.45, 2.75) is 31.8 Å². The van der Waals surface area contributed by atoms with Crippen LogP contribution in [0.4, 0.5) is 0 Å². The summed E-state index contributed by atoms with van der Waals surface area (Å²) >= 11 is 0. The highest BCUT2D eigenvalue weighted by molar-refractivity contribution is 5.22. The van der Waals surface area contributed by atoms with Crippen LogP contribution in [0.3, 0.4) is 0 Å². The summed E-state index contributed by atoms with van der Waals surface area (Å²) in [6.45, 7) is 2.22. The fraction of sp³-hybridized carbons (Fsp3) is 0.438. The molecule has 2 atom stereocenters. The monoisotopic (exact) mass is 255 g/mol. The number of aromatic nitrogens is 2. The second-order valence-electron chi connectivity index (χ2n) is 5.49. The van der Waals surface area contributed by atoms with Gasteiger partial charge in [-0.3, -0.25) is 4.68 Å². The van der Waals surface area contributed by atoms with Gasteiger partial charge in [-0.05, 0) is 37.3 Å². The lowest BCUT2D eigenvalue weighted by molar-refractivity contribution is 0.413. The summed E-state index contributed by atoms with van der Waals surface area (Å²) in [4.78, 5) is 0. The van der Waals surface area contributed by atoms with Gasteiger partial charge in [-0.25, -0.2) is 0 Å². The molecule has 3 rings (SSSR count). The lowest BCUT2D eigenvalue weighted by Gasteiger charge is -2.24. The quantitative estimate of drug-likeness (QED) is 0.889. The molecule has 0 amide bonds. The van der Waals surface area contributed by atoms with E-state index in [1.807, 2.05) is 17.9 Å². The molecule has 19 heavy (non-hydrogen) atoms. The topological polar surface area (TPSA) is 29.9 Å². The molecule has 0 aliphatic heterocycles. The first kappa shape index (κ1) is 12.4. The second-order valence-corrected chi connectivity index (χ2v) is 5.49. The van der Waals surface area contributed by atoms with Crippen LogP contribution in [0.15, 0.2) is 42.6 Å². The second kappa shape index (κ2) is 5.17. The number of nitrogens with one attached hydrogen (secondary N) is 1. The molecule has 0 bridgehead atoms. The van der Waals surface area contributed by atoms with Crippen LogP contribution < -0.4 is 5.32 Å². The van der Waals surface area contributed by atoms with Crippen molar-refractivity contribution < 1.29 is 0 Å². The Kier molecular flexibility index (Phi) is 3.38. The minimum absolute atomic E-state index is 0.318. The maximum atomic E-state index is 4.25. The third-order valence-electron chi connectivity index (χ3n) is 3.98. The Labute approximate surface area is 114 Å². The van der Waals surface area contributed by atoms with Crippen molar-refractivity contribution in [1.82, 2.24) is 15.1 Å².